The van der Waals surface area contributed by atoms with Crippen molar-refractivity contribution in [3.8, 4) is 11.1 Å². The van der Waals surface area contributed by atoms with Crippen LogP contribution in [-0.2, 0) is 21.4 Å². The zero-order valence-electron chi connectivity index (χ0n) is 20.6. The number of esters is 1. The van der Waals surface area contributed by atoms with Crippen LogP contribution < -0.4 is 4.31 Å². The summed E-state index contributed by atoms with van der Waals surface area (Å²) in [5, 5.41) is 0.762. The number of carbonyl (C=O) groups excluding carboxylic acids is 1. The van der Waals surface area contributed by atoms with Gasteiger partial charge in [0, 0.05) is 16.5 Å². The number of nitrogens with zero attached hydrogens (tertiary/aromatic N) is 1. The minimum atomic E-state index is -2.30. The quantitative estimate of drug-likeness (QED) is 0.228. The molecular formula is C28H30N2O4S. The van der Waals surface area contributed by atoms with Crippen molar-refractivity contribution in [2.45, 2.75) is 40.0 Å². The van der Waals surface area contributed by atoms with Crippen LogP contribution in [0.5, 0.6) is 0 Å². The third-order valence-corrected chi connectivity index (χ3v) is 6.66. The summed E-state index contributed by atoms with van der Waals surface area (Å²) in [6, 6.07) is 20.9. The summed E-state index contributed by atoms with van der Waals surface area (Å²) in [4.78, 5) is 16.0. The lowest BCUT2D eigenvalue weighted by molar-refractivity contribution is 0.0521. The fourth-order valence-electron chi connectivity index (χ4n) is 4.19. The van der Waals surface area contributed by atoms with Gasteiger partial charge in [0.05, 0.1) is 18.0 Å². The van der Waals surface area contributed by atoms with Crippen molar-refractivity contribution in [3.05, 3.63) is 83.6 Å². The Hall–Kier alpha value is -3.42. The minimum absolute atomic E-state index is 0.0298. The number of rotatable bonds is 6. The molecule has 0 radical (unpaired) electrons. The summed E-state index contributed by atoms with van der Waals surface area (Å²) in [7, 11) is 0. The fourth-order valence-corrected chi connectivity index (χ4v) is 4.79. The number of hydrogen-bond acceptors (Lipinski definition) is 3. The Morgan fingerprint density at radius 2 is 1.71 bits per heavy atom. The summed E-state index contributed by atoms with van der Waals surface area (Å²) >= 11 is -2.30. The Labute approximate surface area is 208 Å². The SMILES string of the molecule is CCOC(=O)c1[nH]c2ccc(N(c3ccc(C(C)(C)C)cc3)S(=O)O)cc2c1-c1cccc(C)c1. The van der Waals surface area contributed by atoms with Gasteiger partial charge in [0.25, 0.3) is 11.3 Å². The average molecular weight is 491 g/mol. The lowest BCUT2D eigenvalue weighted by atomic mass is 9.87. The highest BCUT2D eigenvalue weighted by Gasteiger charge is 2.23. The lowest BCUT2D eigenvalue weighted by Gasteiger charge is -2.23. The molecule has 0 bridgehead atoms. The van der Waals surface area contributed by atoms with Gasteiger partial charge >= 0.3 is 5.97 Å². The average Bonchev–Trinajstić information content (AvgIpc) is 3.18. The molecule has 182 valence electrons. The second-order valence-corrected chi connectivity index (χ2v) is 10.3. The summed E-state index contributed by atoms with van der Waals surface area (Å²) < 4.78 is 29.4. The molecule has 0 aliphatic heterocycles. The molecule has 6 nitrogen and oxygen atoms in total. The maximum absolute atomic E-state index is 12.8. The molecule has 0 saturated carbocycles. The van der Waals surface area contributed by atoms with Gasteiger partial charge in [-0.2, -0.15) is 0 Å². The number of hydrogen-bond donors (Lipinski definition) is 2. The van der Waals surface area contributed by atoms with Gasteiger partial charge in [-0.3, -0.25) is 4.55 Å². The number of nitrogens with one attached hydrogen (secondary N) is 1. The van der Waals surface area contributed by atoms with Crippen LogP contribution in [0.4, 0.5) is 11.4 Å². The van der Waals surface area contributed by atoms with Crippen LogP contribution in [0.1, 0.15) is 49.3 Å². The molecule has 35 heavy (non-hydrogen) atoms. The van der Waals surface area contributed by atoms with E-state index >= 15 is 0 Å². The Morgan fingerprint density at radius 3 is 2.31 bits per heavy atom. The first-order valence-electron chi connectivity index (χ1n) is 11.5. The molecule has 0 spiro atoms. The standard InChI is InChI=1S/C28H30N2O4S/c1-6-34-27(31)26-25(19-9-7-8-18(2)16-19)23-17-22(14-15-24(23)29-26)30(35(32)33)21-12-10-20(11-13-21)28(3,4)5/h7-17,29H,6H2,1-5H3,(H,32,33). The van der Waals surface area contributed by atoms with E-state index < -0.39 is 17.2 Å². The first-order valence-corrected chi connectivity index (χ1v) is 12.6. The van der Waals surface area contributed by atoms with Gasteiger partial charge in [0.2, 0.25) is 0 Å². The number of fused-ring (bicyclic) bond motifs is 1. The van der Waals surface area contributed by atoms with Crippen molar-refractivity contribution >= 4 is 39.5 Å². The van der Waals surface area contributed by atoms with Crippen LogP contribution in [0.15, 0.2) is 66.7 Å². The van der Waals surface area contributed by atoms with Crippen molar-refractivity contribution in [1.82, 2.24) is 4.98 Å². The Bertz CT molecular complexity index is 1400. The van der Waals surface area contributed by atoms with Crippen molar-refractivity contribution in [1.29, 1.82) is 0 Å². The Balaban J connectivity index is 1.89. The molecule has 4 rings (SSSR count). The molecular weight excluding hydrogens is 460 g/mol. The van der Waals surface area contributed by atoms with Gasteiger partial charge in [0.15, 0.2) is 0 Å². The molecule has 1 aromatic heterocycles. The van der Waals surface area contributed by atoms with E-state index in [0.29, 0.717) is 22.6 Å². The molecule has 4 aromatic rings. The molecule has 1 atom stereocenters. The number of H-pyrrole nitrogens is 1. The van der Waals surface area contributed by atoms with E-state index in [2.05, 4.69) is 25.8 Å². The van der Waals surface area contributed by atoms with E-state index in [0.717, 1.165) is 27.6 Å². The zero-order valence-corrected chi connectivity index (χ0v) is 21.4. The number of benzene rings is 3. The van der Waals surface area contributed by atoms with E-state index in [-0.39, 0.29) is 12.0 Å². The third-order valence-electron chi connectivity index (χ3n) is 5.93. The van der Waals surface area contributed by atoms with Crippen molar-refractivity contribution in [2.75, 3.05) is 10.9 Å². The van der Waals surface area contributed by atoms with Crippen LogP contribution in [0.3, 0.4) is 0 Å². The highest BCUT2D eigenvalue weighted by atomic mass is 32.2. The molecule has 1 heterocycles. The van der Waals surface area contributed by atoms with E-state index in [4.69, 9.17) is 4.74 Å². The maximum Gasteiger partial charge on any atom is 0.355 e. The molecule has 2 N–H and O–H groups in total. The van der Waals surface area contributed by atoms with Crippen molar-refractivity contribution in [3.63, 3.8) is 0 Å². The molecule has 7 heteroatoms. The van der Waals surface area contributed by atoms with E-state index in [1.54, 1.807) is 13.0 Å². The van der Waals surface area contributed by atoms with Gasteiger partial charge in [-0.1, -0.05) is 62.7 Å². The Morgan fingerprint density at radius 1 is 1.03 bits per heavy atom. The molecule has 0 saturated heterocycles. The monoisotopic (exact) mass is 490 g/mol. The zero-order chi connectivity index (χ0) is 25.3. The van der Waals surface area contributed by atoms with Gasteiger partial charge in [-0.05, 0) is 60.7 Å². The number of anilines is 2. The number of carbonyl (C=O) groups is 1. The van der Waals surface area contributed by atoms with Crippen LogP contribution in [0, 0.1) is 6.92 Å². The Kier molecular flexibility index (Phi) is 6.83. The van der Waals surface area contributed by atoms with E-state index in [1.165, 1.54) is 4.31 Å². The third kappa shape index (κ3) is 5.01. The number of aromatic amines is 1. The topological polar surface area (TPSA) is 82.6 Å². The maximum atomic E-state index is 12.8. The second-order valence-electron chi connectivity index (χ2n) is 9.52. The van der Waals surface area contributed by atoms with Crippen LogP contribution in [0.25, 0.3) is 22.0 Å². The summed E-state index contributed by atoms with van der Waals surface area (Å²) in [6.07, 6.45) is 0. The normalized spacial score (nSPS) is 12.5. The van der Waals surface area contributed by atoms with E-state index in [9.17, 15) is 13.6 Å². The minimum Gasteiger partial charge on any atom is -0.461 e. The smallest absolute Gasteiger partial charge is 0.355 e. The van der Waals surface area contributed by atoms with Gasteiger partial charge in [-0.25, -0.2) is 13.3 Å². The first-order chi connectivity index (χ1) is 16.6. The van der Waals surface area contributed by atoms with Crippen molar-refractivity contribution in [2.24, 2.45) is 0 Å². The van der Waals surface area contributed by atoms with Gasteiger partial charge < -0.3 is 9.72 Å². The van der Waals surface area contributed by atoms with Gasteiger partial charge in [0.1, 0.15) is 5.69 Å². The molecule has 0 fully saturated rings. The number of aryl methyl sites for hydroxylation is 1. The molecule has 0 aliphatic carbocycles. The van der Waals surface area contributed by atoms with E-state index in [1.807, 2.05) is 67.6 Å². The first kappa shape index (κ1) is 24.7. The number of ether oxygens (including phenoxy) is 1. The van der Waals surface area contributed by atoms with Crippen LogP contribution in [-0.4, -0.2) is 26.3 Å². The molecule has 1 unspecified atom stereocenters. The highest BCUT2D eigenvalue weighted by molar-refractivity contribution is 7.81. The largest absolute Gasteiger partial charge is 0.461 e. The van der Waals surface area contributed by atoms with Crippen LogP contribution in [0.2, 0.25) is 0 Å². The van der Waals surface area contributed by atoms with Gasteiger partial charge in [-0.15, -0.1) is 0 Å². The molecule has 3 aromatic carbocycles. The van der Waals surface area contributed by atoms with Crippen molar-refractivity contribution < 1.29 is 18.3 Å². The highest BCUT2D eigenvalue weighted by Crippen LogP contribution is 2.38. The second kappa shape index (κ2) is 9.68. The molecule has 0 aliphatic rings. The number of aromatic nitrogens is 1. The lowest BCUT2D eigenvalue weighted by Crippen LogP contribution is -2.19. The summed E-state index contributed by atoms with van der Waals surface area (Å²) in [5.41, 5.74) is 5.94. The predicted octanol–water partition coefficient (Wildman–Crippen LogP) is 6.89. The van der Waals surface area contributed by atoms with Crippen LogP contribution >= 0.6 is 0 Å². The summed E-state index contributed by atoms with van der Waals surface area (Å²) in [6.45, 7) is 10.4. The summed E-state index contributed by atoms with van der Waals surface area (Å²) in [5.74, 6) is -0.442. The predicted molar refractivity (Wildman–Crippen MR) is 142 cm³/mol. The molecule has 0 amide bonds. The fraction of sp³-hybridized carbons (Fsp3) is 0.250.